The number of aromatic nitrogens is 2. The van der Waals surface area contributed by atoms with Gasteiger partial charge in [0.25, 0.3) is 5.56 Å². The predicted octanol–water partition coefficient (Wildman–Crippen LogP) is 3.94. The quantitative estimate of drug-likeness (QED) is 0.753. The van der Waals surface area contributed by atoms with Crippen LogP contribution in [0.1, 0.15) is 37.9 Å². The summed E-state index contributed by atoms with van der Waals surface area (Å²) in [4.78, 5) is 29.2. The molecule has 0 bridgehead atoms. The monoisotopic (exact) mass is 425 g/mol. The number of carbonyl (C=O) groups excluding carboxylic acids is 1. The third-order valence-corrected chi connectivity index (χ3v) is 5.52. The van der Waals surface area contributed by atoms with E-state index in [1.807, 2.05) is 13.8 Å². The molecule has 0 radical (unpaired) electrons. The molecule has 25 heavy (non-hydrogen) atoms. The highest BCUT2D eigenvalue weighted by Gasteiger charge is 2.28. The number of amides is 1. The van der Waals surface area contributed by atoms with Crippen LogP contribution in [0.4, 0.5) is 10.1 Å². The molecule has 2 aromatic rings. The van der Waals surface area contributed by atoms with Crippen LogP contribution in [-0.4, -0.2) is 21.2 Å². The van der Waals surface area contributed by atoms with Gasteiger partial charge in [-0.3, -0.25) is 14.2 Å². The van der Waals surface area contributed by atoms with E-state index in [1.165, 1.54) is 30.0 Å². The van der Waals surface area contributed by atoms with Crippen LogP contribution >= 0.6 is 27.7 Å². The fraction of sp³-hybridized carbons (Fsp3) is 0.353. The summed E-state index contributed by atoms with van der Waals surface area (Å²) in [5, 5.41) is 3.21. The summed E-state index contributed by atoms with van der Waals surface area (Å²) in [5.74, 6) is -0.0780. The maximum absolute atomic E-state index is 13.8. The summed E-state index contributed by atoms with van der Waals surface area (Å²) in [7, 11) is 0. The van der Waals surface area contributed by atoms with Gasteiger partial charge in [-0.05, 0) is 24.1 Å². The first kappa shape index (κ1) is 18.1. The van der Waals surface area contributed by atoms with Crippen molar-refractivity contribution in [2.75, 3.05) is 11.1 Å². The normalized spacial score (nSPS) is 16.1. The Morgan fingerprint density at radius 3 is 2.92 bits per heavy atom. The maximum atomic E-state index is 13.8. The number of hydrogen-bond donors (Lipinski definition) is 1. The molecule has 1 aromatic carbocycles. The van der Waals surface area contributed by atoms with Crippen LogP contribution in [0, 0.1) is 5.82 Å². The number of thioether (sulfide) groups is 1. The van der Waals surface area contributed by atoms with Gasteiger partial charge in [-0.2, -0.15) is 0 Å². The smallest absolute Gasteiger partial charge is 0.254 e. The molecule has 1 N–H and O–H groups in total. The van der Waals surface area contributed by atoms with Crippen LogP contribution in [-0.2, 0) is 4.79 Å². The molecule has 8 heteroatoms. The molecular weight excluding hydrogens is 409 g/mol. The number of anilines is 1. The number of halogens is 2. The highest BCUT2D eigenvalue weighted by atomic mass is 79.9. The Labute approximate surface area is 157 Å². The van der Waals surface area contributed by atoms with Gasteiger partial charge in [-0.15, -0.1) is 0 Å². The molecular formula is C17H17BrFN3O2S. The Balaban J connectivity index is 1.75. The van der Waals surface area contributed by atoms with Gasteiger partial charge in [0.2, 0.25) is 5.91 Å². The predicted molar refractivity (Wildman–Crippen MR) is 99.7 cm³/mol. The summed E-state index contributed by atoms with van der Waals surface area (Å²) >= 11 is 4.64. The minimum absolute atomic E-state index is 0.0954. The van der Waals surface area contributed by atoms with E-state index in [2.05, 4.69) is 26.2 Å². The Hall–Kier alpha value is -1.67. The third kappa shape index (κ3) is 3.95. The van der Waals surface area contributed by atoms with Crippen molar-refractivity contribution in [2.24, 2.45) is 0 Å². The van der Waals surface area contributed by atoms with Gasteiger partial charge in [0.1, 0.15) is 5.82 Å². The molecule has 0 spiro atoms. The van der Waals surface area contributed by atoms with E-state index < -0.39 is 5.82 Å². The Bertz CT molecular complexity index is 885. The van der Waals surface area contributed by atoms with E-state index >= 15 is 0 Å². The molecule has 0 aliphatic carbocycles. The topological polar surface area (TPSA) is 64.0 Å². The van der Waals surface area contributed by atoms with E-state index in [-0.39, 0.29) is 35.5 Å². The van der Waals surface area contributed by atoms with E-state index in [1.54, 1.807) is 10.6 Å². The van der Waals surface area contributed by atoms with Gasteiger partial charge in [0, 0.05) is 22.7 Å². The van der Waals surface area contributed by atoms with Crippen LogP contribution in [0.2, 0.25) is 0 Å². The van der Waals surface area contributed by atoms with Crippen LogP contribution in [0.15, 0.2) is 38.7 Å². The maximum Gasteiger partial charge on any atom is 0.254 e. The molecule has 2 heterocycles. The number of carbonyl (C=O) groups is 1. The van der Waals surface area contributed by atoms with Gasteiger partial charge in [0.05, 0.1) is 17.4 Å². The third-order valence-electron chi connectivity index (χ3n) is 3.93. The standard InChI is InChI=1S/C17H17BrFN3O2S/c1-9(2)14-7-16(24)22-11(8-25-17(22)21-14)6-15(23)20-13-4-3-10(18)5-12(13)19/h3-5,7,9,11H,6,8H2,1-2H3,(H,20,23). The van der Waals surface area contributed by atoms with Crippen LogP contribution < -0.4 is 10.9 Å². The van der Waals surface area contributed by atoms with Gasteiger partial charge >= 0.3 is 0 Å². The molecule has 1 aromatic heterocycles. The molecule has 0 saturated heterocycles. The fourth-order valence-corrected chi connectivity index (χ4v) is 4.11. The first-order valence-corrected chi connectivity index (χ1v) is 9.64. The van der Waals surface area contributed by atoms with Crippen molar-refractivity contribution in [3.63, 3.8) is 0 Å². The van der Waals surface area contributed by atoms with Crippen LogP contribution in [0.25, 0.3) is 0 Å². The van der Waals surface area contributed by atoms with Crippen molar-refractivity contribution in [2.45, 2.75) is 37.4 Å². The second-order valence-electron chi connectivity index (χ2n) is 6.17. The zero-order valence-electron chi connectivity index (χ0n) is 13.8. The fourth-order valence-electron chi connectivity index (χ4n) is 2.62. The Morgan fingerprint density at radius 1 is 1.48 bits per heavy atom. The van der Waals surface area contributed by atoms with Crippen molar-refractivity contribution < 1.29 is 9.18 Å². The minimum Gasteiger partial charge on any atom is -0.324 e. The second-order valence-corrected chi connectivity index (χ2v) is 8.07. The van der Waals surface area contributed by atoms with Crippen molar-refractivity contribution in [1.29, 1.82) is 0 Å². The first-order valence-electron chi connectivity index (χ1n) is 7.86. The van der Waals surface area contributed by atoms with Gasteiger partial charge in [-0.25, -0.2) is 9.37 Å². The van der Waals surface area contributed by atoms with Gasteiger partial charge in [0.15, 0.2) is 5.16 Å². The zero-order chi connectivity index (χ0) is 18.1. The highest BCUT2D eigenvalue weighted by Crippen LogP contribution is 2.33. The van der Waals surface area contributed by atoms with Crippen LogP contribution in [0.5, 0.6) is 0 Å². The van der Waals surface area contributed by atoms with E-state index in [0.29, 0.717) is 15.4 Å². The second kappa shape index (κ2) is 7.29. The molecule has 1 amide bonds. The minimum atomic E-state index is -0.510. The Morgan fingerprint density at radius 2 is 2.24 bits per heavy atom. The summed E-state index contributed by atoms with van der Waals surface area (Å²) in [6, 6.07) is 5.69. The lowest BCUT2D eigenvalue weighted by molar-refractivity contribution is -0.116. The van der Waals surface area contributed by atoms with Crippen LogP contribution in [0.3, 0.4) is 0 Å². The molecule has 1 unspecified atom stereocenters. The molecule has 0 fully saturated rings. The number of rotatable bonds is 4. The largest absolute Gasteiger partial charge is 0.324 e. The average molecular weight is 426 g/mol. The lowest BCUT2D eigenvalue weighted by Crippen LogP contribution is -2.28. The average Bonchev–Trinajstić information content (AvgIpc) is 2.93. The van der Waals surface area contributed by atoms with Gasteiger partial charge in [-0.1, -0.05) is 41.5 Å². The van der Waals surface area contributed by atoms with Crippen molar-refractivity contribution in [3.8, 4) is 0 Å². The lowest BCUT2D eigenvalue weighted by Gasteiger charge is -2.14. The molecule has 1 aliphatic rings. The summed E-state index contributed by atoms with van der Waals surface area (Å²) in [6.07, 6.45) is 0.0954. The lowest BCUT2D eigenvalue weighted by atomic mass is 10.1. The number of benzene rings is 1. The molecule has 132 valence electrons. The molecule has 0 saturated carbocycles. The van der Waals surface area contributed by atoms with Crippen molar-refractivity contribution in [1.82, 2.24) is 9.55 Å². The summed E-state index contributed by atoms with van der Waals surface area (Å²) in [5.41, 5.74) is 0.733. The van der Waals surface area contributed by atoms with E-state index in [4.69, 9.17) is 0 Å². The zero-order valence-corrected chi connectivity index (χ0v) is 16.2. The number of nitrogens with zero attached hydrogens (tertiary/aromatic N) is 2. The molecule has 1 atom stereocenters. The number of fused-ring (bicyclic) bond motifs is 1. The molecule has 5 nitrogen and oxygen atoms in total. The Kier molecular flexibility index (Phi) is 5.29. The first-order chi connectivity index (χ1) is 11.8. The van der Waals surface area contributed by atoms with Crippen molar-refractivity contribution in [3.05, 3.63) is 50.6 Å². The van der Waals surface area contributed by atoms with E-state index in [0.717, 1.165) is 5.69 Å². The van der Waals surface area contributed by atoms with Gasteiger partial charge < -0.3 is 5.32 Å². The molecule has 1 aliphatic heterocycles. The molecule has 3 rings (SSSR count). The summed E-state index contributed by atoms with van der Waals surface area (Å²) in [6.45, 7) is 3.96. The number of nitrogens with one attached hydrogen (secondary N) is 1. The number of hydrogen-bond acceptors (Lipinski definition) is 4. The SMILES string of the molecule is CC(C)c1cc(=O)n2c(n1)SCC2CC(=O)Nc1ccc(Br)cc1F. The van der Waals surface area contributed by atoms with E-state index in [9.17, 15) is 14.0 Å². The summed E-state index contributed by atoms with van der Waals surface area (Å²) < 4.78 is 16.0. The van der Waals surface area contributed by atoms with Crippen molar-refractivity contribution >= 4 is 39.3 Å². The highest BCUT2D eigenvalue weighted by molar-refractivity contribution is 9.10.